The van der Waals surface area contributed by atoms with Gasteiger partial charge in [0.05, 0.1) is 0 Å². The van der Waals surface area contributed by atoms with Crippen LogP contribution in [0, 0.1) is 11.8 Å². The first kappa shape index (κ1) is 15.7. The highest BCUT2D eigenvalue weighted by Crippen LogP contribution is 2.38. The van der Waals surface area contributed by atoms with Gasteiger partial charge in [-0.1, -0.05) is 0 Å². The number of fused-ring (bicyclic) bond motifs is 4. The molecule has 6 heteroatoms. The Morgan fingerprint density at radius 3 is 3.04 bits per heavy atom. The molecule has 2 amide bonds. The quantitative estimate of drug-likeness (QED) is 0.841. The number of carbonyl (C=O) groups is 2. The molecule has 3 aliphatic rings. The molecule has 24 heavy (non-hydrogen) atoms. The fourth-order valence-corrected chi connectivity index (χ4v) is 4.80. The lowest BCUT2D eigenvalue weighted by Crippen LogP contribution is -2.61. The van der Waals surface area contributed by atoms with E-state index in [2.05, 4.69) is 14.9 Å². The minimum Gasteiger partial charge on any atom is -0.342 e. The van der Waals surface area contributed by atoms with E-state index in [9.17, 15) is 9.59 Å². The molecule has 1 aromatic heterocycles. The van der Waals surface area contributed by atoms with Gasteiger partial charge >= 0.3 is 0 Å². The van der Waals surface area contributed by atoms with Crippen LogP contribution in [0.5, 0.6) is 0 Å². The number of aryl methyl sites for hydroxylation is 1. The van der Waals surface area contributed by atoms with Crippen molar-refractivity contribution < 1.29 is 9.59 Å². The van der Waals surface area contributed by atoms with Crippen LogP contribution in [-0.2, 0) is 16.1 Å². The minimum atomic E-state index is 0.271. The van der Waals surface area contributed by atoms with E-state index in [-0.39, 0.29) is 5.91 Å². The second-order valence-electron chi connectivity index (χ2n) is 7.54. The highest BCUT2D eigenvalue weighted by molar-refractivity contribution is 5.78. The van der Waals surface area contributed by atoms with E-state index >= 15 is 0 Å². The normalized spacial score (nSPS) is 29.5. The Kier molecular flexibility index (Phi) is 4.29. The summed E-state index contributed by atoms with van der Waals surface area (Å²) in [6.45, 7) is 3.32. The number of piperidine rings is 3. The molecule has 0 aromatic carbocycles. The van der Waals surface area contributed by atoms with Crippen LogP contribution in [-0.4, -0.2) is 57.1 Å². The number of aromatic nitrogens is 2. The first-order valence-corrected chi connectivity index (χ1v) is 9.25. The maximum Gasteiger partial charge on any atom is 0.222 e. The van der Waals surface area contributed by atoms with Gasteiger partial charge < -0.3 is 9.80 Å². The molecule has 4 heterocycles. The number of rotatable bonds is 4. The standard InChI is InChI=1S/C18H26N4O2/c23-17(6-2-8-21-9-3-7-19-21)20-11-14-10-15(13-20)16-4-1-5-18(24)22(16)12-14/h3,7,9,14-16H,1-2,4-6,8,10-13H2/t14-,15+,16+/m1/s1. The Morgan fingerprint density at radius 1 is 1.29 bits per heavy atom. The summed E-state index contributed by atoms with van der Waals surface area (Å²) >= 11 is 0. The molecule has 4 rings (SSSR count). The number of amides is 2. The van der Waals surface area contributed by atoms with Crippen molar-refractivity contribution in [2.24, 2.45) is 11.8 Å². The molecule has 0 saturated carbocycles. The van der Waals surface area contributed by atoms with Crippen LogP contribution in [0.25, 0.3) is 0 Å². The summed E-state index contributed by atoms with van der Waals surface area (Å²) in [5, 5.41) is 4.18. The second-order valence-corrected chi connectivity index (χ2v) is 7.54. The van der Waals surface area contributed by atoms with Crippen molar-refractivity contribution in [2.75, 3.05) is 19.6 Å². The van der Waals surface area contributed by atoms with Crippen molar-refractivity contribution in [3.05, 3.63) is 18.5 Å². The van der Waals surface area contributed by atoms with E-state index in [1.807, 2.05) is 16.9 Å². The average Bonchev–Trinajstić information content (AvgIpc) is 3.09. The molecule has 3 aliphatic heterocycles. The summed E-state index contributed by atoms with van der Waals surface area (Å²) in [6, 6.07) is 2.28. The van der Waals surface area contributed by atoms with E-state index in [0.29, 0.717) is 36.6 Å². The predicted octanol–water partition coefficient (Wildman–Crippen LogP) is 1.52. The van der Waals surface area contributed by atoms with Crippen LogP contribution in [0.3, 0.4) is 0 Å². The molecule has 0 spiro atoms. The van der Waals surface area contributed by atoms with Gasteiger partial charge in [-0.05, 0) is 43.6 Å². The molecule has 3 fully saturated rings. The molecule has 0 unspecified atom stereocenters. The number of hydrogen-bond acceptors (Lipinski definition) is 3. The number of likely N-dealkylation sites (tertiary alicyclic amines) is 1. The largest absolute Gasteiger partial charge is 0.342 e. The lowest BCUT2D eigenvalue weighted by molar-refractivity contribution is -0.148. The molecule has 3 saturated heterocycles. The highest BCUT2D eigenvalue weighted by atomic mass is 16.2. The van der Waals surface area contributed by atoms with E-state index in [1.165, 1.54) is 6.42 Å². The van der Waals surface area contributed by atoms with Gasteiger partial charge in [0, 0.05) is 57.5 Å². The van der Waals surface area contributed by atoms with Crippen molar-refractivity contribution in [1.29, 1.82) is 0 Å². The zero-order valence-corrected chi connectivity index (χ0v) is 14.1. The molecule has 2 bridgehead atoms. The number of hydrogen-bond donors (Lipinski definition) is 0. The van der Waals surface area contributed by atoms with Gasteiger partial charge in [-0.15, -0.1) is 0 Å². The van der Waals surface area contributed by atoms with Crippen LogP contribution >= 0.6 is 0 Å². The fourth-order valence-electron chi connectivity index (χ4n) is 4.80. The monoisotopic (exact) mass is 330 g/mol. The number of carbonyl (C=O) groups excluding carboxylic acids is 2. The van der Waals surface area contributed by atoms with Crippen molar-refractivity contribution in [3.63, 3.8) is 0 Å². The van der Waals surface area contributed by atoms with Crippen molar-refractivity contribution >= 4 is 11.8 Å². The summed E-state index contributed by atoms with van der Waals surface area (Å²) in [5.41, 5.74) is 0. The van der Waals surface area contributed by atoms with Gasteiger partial charge in [0.15, 0.2) is 0 Å². The summed E-state index contributed by atoms with van der Waals surface area (Å²) < 4.78 is 1.88. The highest BCUT2D eigenvalue weighted by Gasteiger charge is 2.44. The lowest BCUT2D eigenvalue weighted by Gasteiger charge is -2.52. The Balaban J connectivity index is 1.33. The van der Waals surface area contributed by atoms with Gasteiger partial charge in [0.1, 0.15) is 0 Å². The molecule has 0 radical (unpaired) electrons. The van der Waals surface area contributed by atoms with Crippen LogP contribution in [0.15, 0.2) is 18.5 Å². The Morgan fingerprint density at radius 2 is 2.21 bits per heavy atom. The Labute approximate surface area is 142 Å². The third-order valence-corrected chi connectivity index (χ3v) is 5.87. The smallest absolute Gasteiger partial charge is 0.222 e. The molecule has 1 aromatic rings. The first-order valence-electron chi connectivity index (χ1n) is 9.25. The number of nitrogens with zero attached hydrogens (tertiary/aromatic N) is 4. The van der Waals surface area contributed by atoms with E-state index < -0.39 is 0 Å². The van der Waals surface area contributed by atoms with Gasteiger partial charge in [-0.2, -0.15) is 5.10 Å². The third kappa shape index (κ3) is 3.06. The predicted molar refractivity (Wildman–Crippen MR) is 89.0 cm³/mol. The van der Waals surface area contributed by atoms with Crippen LogP contribution in [0.4, 0.5) is 0 Å². The topological polar surface area (TPSA) is 58.4 Å². The second kappa shape index (κ2) is 6.57. The van der Waals surface area contributed by atoms with Gasteiger partial charge in [0.25, 0.3) is 0 Å². The van der Waals surface area contributed by atoms with Crippen molar-refractivity contribution in [3.8, 4) is 0 Å². The molecule has 3 atom stereocenters. The third-order valence-electron chi connectivity index (χ3n) is 5.87. The molecular formula is C18H26N4O2. The zero-order valence-electron chi connectivity index (χ0n) is 14.1. The Hall–Kier alpha value is -1.85. The van der Waals surface area contributed by atoms with E-state index in [4.69, 9.17) is 0 Å². The molecular weight excluding hydrogens is 304 g/mol. The van der Waals surface area contributed by atoms with Crippen molar-refractivity contribution in [1.82, 2.24) is 19.6 Å². The minimum absolute atomic E-state index is 0.271. The summed E-state index contributed by atoms with van der Waals surface area (Å²) in [7, 11) is 0. The summed E-state index contributed by atoms with van der Waals surface area (Å²) in [6.07, 6.45) is 9.16. The lowest BCUT2D eigenvalue weighted by atomic mass is 9.76. The first-order chi connectivity index (χ1) is 11.7. The molecule has 6 nitrogen and oxygen atoms in total. The summed E-state index contributed by atoms with van der Waals surface area (Å²) in [5.74, 6) is 1.56. The Bertz CT molecular complexity index is 600. The zero-order chi connectivity index (χ0) is 16.5. The maximum absolute atomic E-state index is 12.6. The molecule has 0 aliphatic carbocycles. The average molecular weight is 330 g/mol. The van der Waals surface area contributed by atoms with Crippen LogP contribution < -0.4 is 0 Å². The fraction of sp³-hybridized carbons (Fsp3) is 0.722. The van der Waals surface area contributed by atoms with Gasteiger partial charge in [-0.3, -0.25) is 14.3 Å². The molecule has 130 valence electrons. The van der Waals surface area contributed by atoms with Gasteiger partial charge in [0.2, 0.25) is 11.8 Å². The van der Waals surface area contributed by atoms with E-state index in [1.54, 1.807) is 6.20 Å². The maximum atomic E-state index is 12.6. The van der Waals surface area contributed by atoms with E-state index in [0.717, 1.165) is 45.4 Å². The molecule has 0 N–H and O–H groups in total. The SMILES string of the molecule is O=C(CCCn1cccn1)N1C[C@H]2C[C@@H](C1)[C@@H]1CCCC(=O)N1C2. The van der Waals surface area contributed by atoms with Crippen molar-refractivity contribution in [2.45, 2.75) is 51.1 Å². The summed E-state index contributed by atoms with van der Waals surface area (Å²) in [4.78, 5) is 29.0. The van der Waals surface area contributed by atoms with Gasteiger partial charge in [-0.25, -0.2) is 0 Å². The van der Waals surface area contributed by atoms with Crippen LogP contribution in [0.2, 0.25) is 0 Å². The van der Waals surface area contributed by atoms with Crippen LogP contribution in [0.1, 0.15) is 38.5 Å².